The molecule has 1 unspecified atom stereocenters. The Balaban J connectivity index is 1.52. The van der Waals surface area contributed by atoms with Gasteiger partial charge in [-0.05, 0) is 31.5 Å². The highest BCUT2D eigenvalue weighted by molar-refractivity contribution is 5.95. The SMILES string of the molecule is Cc1cc(C(=O)N2CCC3(C2)CN(c2cccc(F)c2)C(=O)CO3)no1. The van der Waals surface area contributed by atoms with Crippen LogP contribution in [0.4, 0.5) is 10.1 Å². The minimum absolute atomic E-state index is 0.0956. The number of benzene rings is 1. The van der Waals surface area contributed by atoms with Gasteiger partial charge in [0.1, 0.15) is 23.8 Å². The fourth-order valence-corrected chi connectivity index (χ4v) is 3.49. The highest BCUT2D eigenvalue weighted by Crippen LogP contribution is 2.32. The van der Waals surface area contributed by atoms with E-state index in [0.29, 0.717) is 31.0 Å². The molecule has 8 heteroatoms. The Labute approximate surface area is 149 Å². The van der Waals surface area contributed by atoms with Gasteiger partial charge in [0, 0.05) is 18.3 Å². The van der Waals surface area contributed by atoms with Crippen LogP contribution in [-0.2, 0) is 9.53 Å². The van der Waals surface area contributed by atoms with Crippen LogP contribution in [0.1, 0.15) is 22.7 Å². The second-order valence-electron chi connectivity index (χ2n) is 6.73. The molecule has 1 spiro atoms. The summed E-state index contributed by atoms with van der Waals surface area (Å²) < 4.78 is 24.3. The van der Waals surface area contributed by atoms with Crippen molar-refractivity contribution in [2.24, 2.45) is 0 Å². The lowest BCUT2D eigenvalue weighted by Crippen LogP contribution is -2.56. The molecule has 2 aromatic rings. The number of morpholine rings is 1. The molecule has 136 valence electrons. The lowest BCUT2D eigenvalue weighted by Gasteiger charge is -2.40. The Morgan fingerprint density at radius 3 is 2.88 bits per heavy atom. The number of amides is 2. The quantitative estimate of drug-likeness (QED) is 0.817. The lowest BCUT2D eigenvalue weighted by atomic mass is 10.00. The number of likely N-dealkylation sites (tertiary alicyclic amines) is 1. The lowest BCUT2D eigenvalue weighted by molar-refractivity contribution is -0.137. The van der Waals surface area contributed by atoms with Gasteiger partial charge in [0.15, 0.2) is 5.69 Å². The molecule has 0 aliphatic carbocycles. The molecule has 2 amide bonds. The summed E-state index contributed by atoms with van der Waals surface area (Å²) in [5, 5.41) is 3.76. The van der Waals surface area contributed by atoms with Gasteiger partial charge in [0.25, 0.3) is 11.8 Å². The normalized spacial score (nSPS) is 23.1. The van der Waals surface area contributed by atoms with Gasteiger partial charge in [-0.1, -0.05) is 11.2 Å². The first-order valence-corrected chi connectivity index (χ1v) is 8.38. The van der Waals surface area contributed by atoms with E-state index in [1.165, 1.54) is 17.0 Å². The Kier molecular flexibility index (Phi) is 3.99. The first-order valence-electron chi connectivity index (χ1n) is 8.38. The van der Waals surface area contributed by atoms with E-state index in [1.807, 2.05) is 0 Å². The summed E-state index contributed by atoms with van der Waals surface area (Å²) in [5.74, 6) is -0.283. The summed E-state index contributed by atoms with van der Waals surface area (Å²) in [7, 11) is 0. The van der Waals surface area contributed by atoms with E-state index in [2.05, 4.69) is 5.16 Å². The molecule has 0 bridgehead atoms. The highest BCUT2D eigenvalue weighted by Gasteiger charge is 2.47. The van der Waals surface area contributed by atoms with Crippen LogP contribution < -0.4 is 4.90 Å². The number of hydrogen-bond acceptors (Lipinski definition) is 5. The highest BCUT2D eigenvalue weighted by atomic mass is 19.1. The number of carbonyl (C=O) groups is 2. The summed E-state index contributed by atoms with van der Waals surface area (Å²) in [6.07, 6.45) is 0.592. The Hall–Kier alpha value is -2.74. The van der Waals surface area contributed by atoms with Gasteiger partial charge >= 0.3 is 0 Å². The van der Waals surface area contributed by atoms with Crippen molar-refractivity contribution in [1.82, 2.24) is 10.1 Å². The molecule has 2 aliphatic rings. The summed E-state index contributed by atoms with van der Waals surface area (Å²) in [6.45, 7) is 2.74. The van der Waals surface area contributed by atoms with Gasteiger partial charge in [0.2, 0.25) is 0 Å². The van der Waals surface area contributed by atoms with Gasteiger partial charge in [-0.25, -0.2) is 4.39 Å². The third kappa shape index (κ3) is 2.96. The molecule has 2 aliphatic heterocycles. The number of anilines is 1. The van der Waals surface area contributed by atoms with E-state index in [1.54, 1.807) is 30.0 Å². The smallest absolute Gasteiger partial charge is 0.276 e. The van der Waals surface area contributed by atoms with Crippen molar-refractivity contribution in [3.8, 4) is 0 Å². The van der Waals surface area contributed by atoms with Gasteiger partial charge in [-0.15, -0.1) is 0 Å². The second-order valence-corrected chi connectivity index (χ2v) is 6.73. The molecule has 2 saturated heterocycles. The van der Waals surface area contributed by atoms with E-state index in [-0.39, 0.29) is 30.7 Å². The van der Waals surface area contributed by atoms with E-state index in [4.69, 9.17) is 9.26 Å². The number of halogens is 1. The zero-order chi connectivity index (χ0) is 18.3. The van der Waals surface area contributed by atoms with Crippen LogP contribution in [0.3, 0.4) is 0 Å². The largest absolute Gasteiger partial charge is 0.361 e. The molecule has 26 heavy (non-hydrogen) atoms. The minimum Gasteiger partial charge on any atom is -0.361 e. The maximum absolute atomic E-state index is 13.5. The third-order valence-corrected chi connectivity index (χ3v) is 4.82. The number of carbonyl (C=O) groups excluding carboxylic acids is 2. The van der Waals surface area contributed by atoms with Crippen LogP contribution in [0.5, 0.6) is 0 Å². The van der Waals surface area contributed by atoms with Crippen molar-refractivity contribution in [2.45, 2.75) is 18.9 Å². The summed E-state index contributed by atoms with van der Waals surface area (Å²) >= 11 is 0. The number of aryl methyl sites for hydroxylation is 1. The summed E-state index contributed by atoms with van der Waals surface area (Å²) in [5.41, 5.74) is 0.0947. The van der Waals surface area contributed by atoms with Crippen molar-refractivity contribution in [2.75, 3.05) is 31.1 Å². The molecule has 2 fully saturated rings. The molecule has 3 heterocycles. The van der Waals surface area contributed by atoms with Gasteiger partial charge < -0.3 is 19.1 Å². The van der Waals surface area contributed by atoms with Gasteiger partial charge in [-0.2, -0.15) is 0 Å². The fourth-order valence-electron chi connectivity index (χ4n) is 3.49. The first kappa shape index (κ1) is 16.7. The summed E-state index contributed by atoms with van der Waals surface area (Å²) in [6, 6.07) is 7.51. The van der Waals surface area contributed by atoms with Crippen LogP contribution in [0.2, 0.25) is 0 Å². The van der Waals surface area contributed by atoms with E-state index in [9.17, 15) is 14.0 Å². The number of rotatable bonds is 2. The average molecular weight is 359 g/mol. The van der Waals surface area contributed by atoms with Crippen molar-refractivity contribution in [3.05, 3.63) is 47.6 Å². The molecule has 0 saturated carbocycles. The molecule has 1 aromatic heterocycles. The van der Waals surface area contributed by atoms with Crippen LogP contribution in [0.15, 0.2) is 34.9 Å². The monoisotopic (exact) mass is 359 g/mol. The molecule has 0 radical (unpaired) electrons. The maximum atomic E-state index is 13.5. The van der Waals surface area contributed by atoms with Crippen LogP contribution in [0, 0.1) is 12.7 Å². The second kappa shape index (κ2) is 6.21. The van der Waals surface area contributed by atoms with E-state index < -0.39 is 11.4 Å². The number of ether oxygens (including phenoxy) is 1. The fraction of sp³-hybridized carbons (Fsp3) is 0.389. The van der Waals surface area contributed by atoms with Gasteiger partial charge in [-0.3, -0.25) is 9.59 Å². The topological polar surface area (TPSA) is 75.9 Å². The summed E-state index contributed by atoms with van der Waals surface area (Å²) in [4.78, 5) is 28.0. The standard InChI is InChI=1S/C18H18FN3O4/c1-12-7-15(20-26-12)17(24)21-6-5-18(10-21)11-22(16(23)9-25-18)14-4-2-3-13(19)8-14/h2-4,7-8H,5-6,9-11H2,1H3. The van der Waals surface area contributed by atoms with Crippen LogP contribution in [0.25, 0.3) is 0 Å². The Bertz CT molecular complexity index is 868. The number of nitrogens with zero attached hydrogens (tertiary/aromatic N) is 3. The molecule has 1 atom stereocenters. The number of aromatic nitrogens is 1. The third-order valence-electron chi connectivity index (χ3n) is 4.82. The molecular weight excluding hydrogens is 341 g/mol. The molecule has 1 aromatic carbocycles. The maximum Gasteiger partial charge on any atom is 0.276 e. The molecule has 0 N–H and O–H groups in total. The predicted octanol–water partition coefficient (Wildman–Crippen LogP) is 1.77. The van der Waals surface area contributed by atoms with Crippen molar-refractivity contribution in [1.29, 1.82) is 0 Å². The Morgan fingerprint density at radius 2 is 2.15 bits per heavy atom. The average Bonchev–Trinajstić information content (AvgIpc) is 3.24. The van der Waals surface area contributed by atoms with Crippen molar-refractivity contribution < 1.29 is 23.2 Å². The van der Waals surface area contributed by atoms with Crippen molar-refractivity contribution >= 4 is 17.5 Å². The van der Waals surface area contributed by atoms with Crippen LogP contribution >= 0.6 is 0 Å². The first-order chi connectivity index (χ1) is 12.5. The Morgan fingerprint density at radius 1 is 1.31 bits per heavy atom. The number of hydrogen-bond donors (Lipinski definition) is 0. The van der Waals surface area contributed by atoms with E-state index in [0.717, 1.165) is 0 Å². The van der Waals surface area contributed by atoms with Crippen LogP contribution in [-0.4, -0.2) is 53.7 Å². The molecular formula is C18H18FN3O4. The minimum atomic E-state index is -0.658. The predicted molar refractivity (Wildman–Crippen MR) is 89.2 cm³/mol. The molecule has 7 nitrogen and oxygen atoms in total. The zero-order valence-electron chi connectivity index (χ0n) is 14.3. The van der Waals surface area contributed by atoms with Crippen molar-refractivity contribution in [3.63, 3.8) is 0 Å². The molecule has 4 rings (SSSR count). The van der Waals surface area contributed by atoms with E-state index >= 15 is 0 Å². The zero-order valence-corrected chi connectivity index (χ0v) is 14.3. The van der Waals surface area contributed by atoms with Gasteiger partial charge in [0.05, 0.1) is 13.1 Å².